The Labute approximate surface area is 112 Å². The Balaban J connectivity index is 2.72. The third kappa shape index (κ3) is 5.76. The molecule has 0 unspecified atom stereocenters. The van der Waals surface area contributed by atoms with Crippen molar-refractivity contribution in [3.05, 3.63) is 24.3 Å². The van der Waals surface area contributed by atoms with Crippen molar-refractivity contribution in [3.63, 3.8) is 0 Å². The average molecular weight is 264 g/mol. The number of carbonyl (C=O) groups excluding carboxylic acids is 1. The number of carbonyl (C=O) groups is 1. The van der Waals surface area contributed by atoms with Crippen LogP contribution in [0.2, 0.25) is 0 Å². The Kier molecular flexibility index (Phi) is 4.74. The summed E-state index contributed by atoms with van der Waals surface area (Å²) in [6.07, 6.45) is 0. The molecular weight excluding hydrogens is 244 g/mol. The van der Waals surface area contributed by atoms with Crippen molar-refractivity contribution in [2.45, 2.75) is 26.3 Å². The first-order chi connectivity index (χ1) is 8.78. The van der Waals surface area contributed by atoms with Gasteiger partial charge in [0.15, 0.2) is 0 Å². The number of urea groups is 1. The van der Waals surface area contributed by atoms with Gasteiger partial charge in [-0.25, -0.2) is 4.79 Å². The highest BCUT2D eigenvalue weighted by Gasteiger charge is 2.14. The topological polar surface area (TPSA) is 100 Å². The zero-order valence-electron chi connectivity index (χ0n) is 11.4. The molecule has 0 saturated carbocycles. The Morgan fingerprint density at radius 1 is 1.37 bits per heavy atom. The predicted molar refractivity (Wildman–Crippen MR) is 75.8 cm³/mol. The Morgan fingerprint density at radius 2 is 2.00 bits per heavy atom. The molecule has 5 N–H and O–H groups in total. The number of hydrogen-bond donors (Lipinski definition) is 4. The second kappa shape index (κ2) is 6.08. The first-order valence-corrected chi connectivity index (χ1v) is 5.92. The molecule has 6 heteroatoms. The molecule has 0 radical (unpaired) electrons. The molecule has 0 fully saturated rings. The van der Waals surface area contributed by atoms with Gasteiger partial charge in [-0.2, -0.15) is 0 Å². The van der Waals surface area contributed by atoms with E-state index in [1.165, 1.54) is 0 Å². The molecule has 19 heavy (non-hydrogen) atoms. The van der Waals surface area contributed by atoms with Gasteiger partial charge in [0.2, 0.25) is 0 Å². The highest BCUT2D eigenvalue weighted by atomic mass is 16.5. The van der Waals surface area contributed by atoms with Crippen molar-refractivity contribution in [2.24, 2.45) is 5.73 Å². The maximum Gasteiger partial charge on any atom is 0.319 e. The number of benzene rings is 1. The van der Waals surface area contributed by atoms with Gasteiger partial charge in [-0.05, 0) is 32.9 Å². The van der Waals surface area contributed by atoms with Gasteiger partial charge in [0.1, 0.15) is 18.2 Å². The third-order valence-corrected chi connectivity index (χ3v) is 2.01. The average Bonchev–Trinajstić information content (AvgIpc) is 2.25. The Hall–Kier alpha value is -2.24. The molecule has 0 aliphatic carbocycles. The maximum atomic E-state index is 11.8. The quantitative estimate of drug-likeness (QED) is 0.493. The van der Waals surface area contributed by atoms with Gasteiger partial charge >= 0.3 is 6.03 Å². The van der Waals surface area contributed by atoms with Gasteiger partial charge in [-0.15, -0.1) is 0 Å². The van der Waals surface area contributed by atoms with E-state index in [1.54, 1.807) is 24.3 Å². The van der Waals surface area contributed by atoms with Gasteiger partial charge in [-0.1, -0.05) is 12.1 Å². The smallest absolute Gasteiger partial charge is 0.319 e. The van der Waals surface area contributed by atoms with Crippen molar-refractivity contribution in [3.8, 4) is 5.75 Å². The number of nitrogens with two attached hydrogens (primary N) is 1. The summed E-state index contributed by atoms with van der Waals surface area (Å²) in [5.41, 5.74) is 5.45. The summed E-state index contributed by atoms with van der Waals surface area (Å²) in [4.78, 5) is 11.8. The lowest BCUT2D eigenvalue weighted by Gasteiger charge is -2.21. The van der Waals surface area contributed by atoms with Crippen LogP contribution in [0.1, 0.15) is 20.8 Å². The van der Waals surface area contributed by atoms with Gasteiger partial charge in [-0.3, -0.25) is 5.41 Å². The van der Waals surface area contributed by atoms with E-state index in [-0.39, 0.29) is 24.0 Å². The standard InChI is InChI=1S/C13H20N4O2/c1-13(2,3)17-12(18)16-9-6-4-5-7-10(9)19-8-11(14)15/h4-7H,8H2,1-3H3,(H3,14,15)(H2,16,17,18). The molecule has 104 valence electrons. The molecule has 0 aromatic heterocycles. The Morgan fingerprint density at radius 3 is 2.58 bits per heavy atom. The van der Waals surface area contributed by atoms with Gasteiger partial charge in [0, 0.05) is 5.54 Å². The predicted octanol–water partition coefficient (Wildman–Crippen LogP) is 1.92. The van der Waals surface area contributed by atoms with Crippen LogP contribution in [0.15, 0.2) is 24.3 Å². The van der Waals surface area contributed by atoms with E-state index >= 15 is 0 Å². The van der Waals surface area contributed by atoms with E-state index in [9.17, 15) is 4.79 Å². The van der Waals surface area contributed by atoms with Crippen LogP contribution in [0.5, 0.6) is 5.75 Å². The first-order valence-electron chi connectivity index (χ1n) is 5.92. The van der Waals surface area contributed by atoms with Crippen molar-refractivity contribution in [1.82, 2.24) is 5.32 Å². The van der Waals surface area contributed by atoms with E-state index in [0.29, 0.717) is 11.4 Å². The molecule has 1 aromatic rings. The molecular formula is C13H20N4O2. The summed E-state index contributed by atoms with van der Waals surface area (Å²) in [6.45, 7) is 5.67. The number of anilines is 1. The molecule has 0 aliphatic heterocycles. The fourth-order valence-electron chi connectivity index (χ4n) is 1.35. The number of amidine groups is 1. The van der Waals surface area contributed by atoms with Crippen LogP contribution >= 0.6 is 0 Å². The van der Waals surface area contributed by atoms with Crippen molar-refractivity contribution in [1.29, 1.82) is 5.41 Å². The molecule has 6 nitrogen and oxygen atoms in total. The lowest BCUT2D eigenvalue weighted by molar-refractivity contribution is 0.243. The van der Waals surface area contributed by atoms with Crippen molar-refractivity contribution in [2.75, 3.05) is 11.9 Å². The summed E-state index contributed by atoms with van der Waals surface area (Å²) >= 11 is 0. The van der Waals surface area contributed by atoms with E-state index in [4.69, 9.17) is 15.9 Å². The minimum Gasteiger partial charge on any atom is -0.484 e. The number of amides is 2. The van der Waals surface area contributed by atoms with Gasteiger partial charge in [0.25, 0.3) is 0 Å². The molecule has 2 amide bonds. The molecule has 0 spiro atoms. The second-order valence-corrected chi connectivity index (χ2v) is 5.14. The monoisotopic (exact) mass is 264 g/mol. The van der Waals surface area contributed by atoms with Crippen LogP contribution in [0, 0.1) is 5.41 Å². The molecule has 1 aromatic carbocycles. The van der Waals surface area contributed by atoms with Crippen LogP contribution in [0.25, 0.3) is 0 Å². The molecule has 0 bridgehead atoms. The summed E-state index contributed by atoms with van der Waals surface area (Å²) in [5.74, 6) is 0.399. The highest BCUT2D eigenvalue weighted by molar-refractivity contribution is 5.91. The van der Waals surface area contributed by atoms with Crippen LogP contribution in [-0.4, -0.2) is 24.0 Å². The molecule has 0 saturated heterocycles. The van der Waals surface area contributed by atoms with E-state index in [0.717, 1.165) is 0 Å². The minimum absolute atomic E-state index is 0.0143. The lowest BCUT2D eigenvalue weighted by atomic mass is 10.1. The Bertz CT molecular complexity index is 466. The summed E-state index contributed by atoms with van der Waals surface area (Å²) in [5, 5.41) is 12.6. The minimum atomic E-state index is -0.320. The number of hydrogen-bond acceptors (Lipinski definition) is 3. The number of ether oxygens (including phenoxy) is 1. The fourth-order valence-corrected chi connectivity index (χ4v) is 1.35. The zero-order chi connectivity index (χ0) is 14.5. The fraction of sp³-hybridized carbons (Fsp3) is 0.385. The van der Waals surface area contributed by atoms with Gasteiger partial charge in [0.05, 0.1) is 5.69 Å². The third-order valence-electron chi connectivity index (χ3n) is 2.01. The van der Waals surface area contributed by atoms with Crippen LogP contribution < -0.4 is 21.1 Å². The van der Waals surface area contributed by atoms with Crippen LogP contribution in [0.3, 0.4) is 0 Å². The van der Waals surface area contributed by atoms with Crippen LogP contribution in [-0.2, 0) is 0 Å². The van der Waals surface area contributed by atoms with Crippen molar-refractivity contribution >= 4 is 17.6 Å². The number of rotatable bonds is 4. The zero-order valence-corrected chi connectivity index (χ0v) is 11.4. The summed E-state index contributed by atoms with van der Waals surface area (Å²) in [6, 6.07) is 6.68. The lowest BCUT2D eigenvalue weighted by Crippen LogP contribution is -2.43. The summed E-state index contributed by atoms with van der Waals surface area (Å²) in [7, 11) is 0. The second-order valence-electron chi connectivity index (χ2n) is 5.14. The first kappa shape index (κ1) is 14.8. The molecule has 1 rings (SSSR count). The molecule has 0 atom stereocenters. The molecule has 0 heterocycles. The summed E-state index contributed by atoms with van der Waals surface area (Å²) < 4.78 is 5.34. The SMILES string of the molecule is CC(C)(C)NC(=O)Nc1ccccc1OCC(=N)N. The normalized spacial score (nSPS) is 10.7. The number of nitrogens with one attached hydrogen (secondary N) is 3. The van der Waals surface area contributed by atoms with Crippen molar-refractivity contribution < 1.29 is 9.53 Å². The highest BCUT2D eigenvalue weighted by Crippen LogP contribution is 2.23. The molecule has 0 aliphatic rings. The maximum absolute atomic E-state index is 11.8. The van der Waals surface area contributed by atoms with E-state index < -0.39 is 0 Å². The van der Waals surface area contributed by atoms with Crippen LogP contribution in [0.4, 0.5) is 10.5 Å². The van der Waals surface area contributed by atoms with E-state index in [1.807, 2.05) is 20.8 Å². The van der Waals surface area contributed by atoms with E-state index in [2.05, 4.69) is 10.6 Å². The number of para-hydroxylation sites is 2. The largest absolute Gasteiger partial charge is 0.484 e. The van der Waals surface area contributed by atoms with Gasteiger partial charge < -0.3 is 21.1 Å².